The molecule has 4 amide bonds. The summed E-state index contributed by atoms with van der Waals surface area (Å²) in [5, 5.41) is 2.94. The molecule has 0 unspecified atom stereocenters. The number of anilines is 1. The molecule has 166 valence electrons. The molecule has 7 nitrogen and oxygen atoms in total. The van der Waals surface area contributed by atoms with Gasteiger partial charge in [0.2, 0.25) is 5.91 Å². The number of imide groups is 1. The SMILES string of the molecule is O=C1N[C@@H]2CCN(C(=O)C3CCCCC3)[C@H]2C(=O)N1c1ccc(Oc2ccccc2)cc1. The van der Waals surface area contributed by atoms with E-state index in [9.17, 15) is 14.4 Å². The Bertz CT molecular complexity index is 1000. The van der Waals surface area contributed by atoms with Crippen LogP contribution < -0.4 is 15.0 Å². The van der Waals surface area contributed by atoms with E-state index in [1.807, 2.05) is 30.3 Å². The highest BCUT2D eigenvalue weighted by Gasteiger charge is 2.50. The summed E-state index contributed by atoms with van der Waals surface area (Å²) in [5.41, 5.74) is 0.461. The number of ether oxygens (including phenoxy) is 1. The lowest BCUT2D eigenvalue weighted by Crippen LogP contribution is -2.65. The Hall–Kier alpha value is -3.35. The zero-order chi connectivity index (χ0) is 22.1. The highest BCUT2D eigenvalue weighted by atomic mass is 16.5. The number of carbonyl (C=O) groups is 3. The Labute approximate surface area is 187 Å². The second kappa shape index (κ2) is 8.65. The highest BCUT2D eigenvalue weighted by molar-refractivity contribution is 6.19. The van der Waals surface area contributed by atoms with Gasteiger partial charge in [-0.2, -0.15) is 0 Å². The number of fused-ring (bicyclic) bond motifs is 1. The largest absolute Gasteiger partial charge is 0.457 e. The summed E-state index contributed by atoms with van der Waals surface area (Å²) >= 11 is 0. The molecule has 3 aliphatic rings. The summed E-state index contributed by atoms with van der Waals surface area (Å²) in [4.78, 5) is 42.2. The minimum atomic E-state index is -0.637. The van der Waals surface area contributed by atoms with E-state index in [2.05, 4.69) is 5.32 Å². The van der Waals surface area contributed by atoms with E-state index < -0.39 is 12.1 Å². The van der Waals surface area contributed by atoms with Crippen LogP contribution in [0.25, 0.3) is 0 Å². The third-order valence-corrected chi connectivity index (χ3v) is 6.69. The fourth-order valence-corrected chi connectivity index (χ4v) is 5.07. The van der Waals surface area contributed by atoms with E-state index in [-0.39, 0.29) is 23.8 Å². The van der Waals surface area contributed by atoms with Gasteiger partial charge in [-0.05, 0) is 55.7 Å². The summed E-state index contributed by atoms with van der Waals surface area (Å²) in [6.07, 6.45) is 5.68. The van der Waals surface area contributed by atoms with Gasteiger partial charge in [-0.1, -0.05) is 37.5 Å². The smallest absolute Gasteiger partial charge is 0.329 e. The minimum absolute atomic E-state index is 0.00389. The molecule has 0 bridgehead atoms. The number of para-hydroxylation sites is 1. The van der Waals surface area contributed by atoms with Gasteiger partial charge in [0.15, 0.2) is 0 Å². The molecule has 2 saturated heterocycles. The molecular formula is C25H27N3O4. The molecule has 2 heterocycles. The predicted molar refractivity (Wildman–Crippen MR) is 119 cm³/mol. The molecule has 7 heteroatoms. The number of nitrogens with one attached hydrogen (secondary N) is 1. The maximum Gasteiger partial charge on any atom is 0.329 e. The molecule has 2 aromatic carbocycles. The molecule has 2 aromatic rings. The van der Waals surface area contributed by atoms with E-state index in [1.54, 1.807) is 29.2 Å². The molecule has 1 aliphatic carbocycles. The number of hydrogen-bond donors (Lipinski definition) is 1. The van der Waals surface area contributed by atoms with Crippen molar-refractivity contribution in [2.75, 3.05) is 11.4 Å². The lowest BCUT2D eigenvalue weighted by molar-refractivity contribution is -0.142. The quantitative estimate of drug-likeness (QED) is 0.788. The van der Waals surface area contributed by atoms with Crippen LogP contribution in [0, 0.1) is 5.92 Å². The van der Waals surface area contributed by atoms with Crippen molar-refractivity contribution in [3.63, 3.8) is 0 Å². The molecule has 0 spiro atoms. The molecule has 1 N–H and O–H groups in total. The minimum Gasteiger partial charge on any atom is -0.457 e. The first-order valence-corrected chi connectivity index (χ1v) is 11.4. The fourth-order valence-electron chi connectivity index (χ4n) is 5.07. The van der Waals surface area contributed by atoms with Crippen molar-refractivity contribution in [3.05, 3.63) is 54.6 Å². The van der Waals surface area contributed by atoms with Crippen molar-refractivity contribution in [1.82, 2.24) is 10.2 Å². The van der Waals surface area contributed by atoms with Crippen LogP contribution in [0.5, 0.6) is 11.5 Å². The topological polar surface area (TPSA) is 79.0 Å². The van der Waals surface area contributed by atoms with Gasteiger partial charge in [-0.25, -0.2) is 9.69 Å². The van der Waals surface area contributed by atoms with Gasteiger partial charge in [0.25, 0.3) is 5.91 Å². The Morgan fingerprint density at radius 1 is 0.875 bits per heavy atom. The Morgan fingerprint density at radius 2 is 1.56 bits per heavy atom. The maximum atomic E-state index is 13.4. The molecule has 5 rings (SSSR count). The summed E-state index contributed by atoms with van der Waals surface area (Å²) in [7, 11) is 0. The first-order valence-electron chi connectivity index (χ1n) is 11.4. The van der Waals surface area contributed by atoms with Crippen molar-refractivity contribution in [2.24, 2.45) is 5.92 Å². The summed E-state index contributed by atoms with van der Waals surface area (Å²) in [6.45, 7) is 0.508. The number of urea groups is 1. The van der Waals surface area contributed by atoms with Crippen molar-refractivity contribution in [1.29, 1.82) is 0 Å². The van der Waals surface area contributed by atoms with E-state index in [0.29, 0.717) is 30.2 Å². The van der Waals surface area contributed by atoms with Crippen LogP contribution in [0.15, 0.2) is 54.6 Å². The first kappa shape index (κ1) is 20.5. The Kier molecular flexibility index (Phi) is 5.55. The molecule has 1 saturated carbocycles. The highest BCUT2D eigenvalue weighted by Crippen LogP contribution is 2.33. The number of amides is 4. The standard InChI is InChI=1S/C25H27N3O4/c29-23(17-7-3-1-4-8-17)27-16-15-21-22(27)24(30)28(25(31)26-21)18-11-13-20(14-12-18)32-19-9-5-2-6-10-19/h2,5-6,9-14,17,21-22H,1,3-4,7-8,15-16H2,(H,26,31)/t21-,22-/m1/s1. The second-order valence-electron chi connectivity index (χ2n) is 8.74. The molecular weight excluding hydrogens is 406 g/mol. The summed E-state index contributed by atoms with van der Waals surface area (Å²) in [6, 6.07) is 14.8. The molecule has 2 atom stereocenters. The van der Waals surface area contributed by atoms with Crippen molar-refractivity contribution in [3.8, 4) is 11.5 Å². The molecule has 3 fully saturated rings. The van der Waals surface area contributed by atoms with Crippen LogP contribution >= 0.6 is 0 Å². The van der Waals surface area contributed by atoms with Crippen LogP contribution in [-0.2, 0) is 9.59 Å². The van der Waals surface area contributed by atoms with E-state index in [0.717, 1.165) is 30.6 Å². The third kappa shape index (κ3) is 3.83. The van der Waals surface area contributed by atoms with Crippen LogP contribution in [-0.4, -0.2) is 41.4 Å². The van der Waals surface area contributed by atoms with Gasteiger partial charge >= 0.3 is 6.03 Å². The predicted octanol–water partition coefficient (Wildman–Crippen LogP) is 4.08. The van der Waals surface area contributed by atoms with Gasteiger partial charge < -0.3 is 15.0 Å². The lowest BCUT2D eigenvalue weighted by Gasteiger charge is -2.38. The average molecular weight is 434 g/mol. The first-order chi connectivity index (χ1) is 15.6. The monoisotopic (exact) mass is 433 g/mol. The van der Waals surface area contributed by atoms with Crippen molar-refractivity contribution >= 4 is 23.5 Å². The van der Waals surface area contributed by atoms with E-state index in [4.69, 9.17) is 4.74 Å². The van der Waals surface area contributed by atoms with Crippen LogP contribution in [0.3, 0.4) is 0 Å². The van der Waals surface area contributed by atoms with Crippen LogP contribution in [0.4, 0.5) is 10.5 Å². The number of benzene rings is 2. The van der Waals surface area contributed by atoms with Crippen LogP contribution in [0.2, 0.25) is 0 Å². The Balaban J connectivity index is 1.34. The summed E-state index contributed by atoms with van der Waals surface area (Å²) < 4.78 is 5.80. The Morgan fingerprint density at radius 3 is 2.28 bits per heavy atom. The number of carbonyl (C=O) groups excluding carboxylic acids is 3. The second-order valence-corrected chi connectivity index (χ2v) is 8.74. The van der Waals surface area contributed by atoms with Gasteiger partial charge in [0.05, 0.1) is 11.7 Å². The van der Waals surface area contributed by atoms with Crippen molar-refractivity contribution in [2.45, 2.75) is 50.6 Å². The molecule has 2 aliphatic heterocycles. The van der Waals surface area contributed by atoms with Gasteiger partial charge in [-0.3, -0.25) is 9.59 Å². The third-order valence-electron chi connectivity index (χ3n) is 6.69. The molecule has 0 aromatic heterocycles. The van der Waals surface area contributed by atoms with Gasteiger partial charge in [-0.15, -0.1) is 0 Å². The lowest BCUT2D eigenvalue weighted by atomic mass is 9.88. The number of nitrogens with zero attached hydrogens (tertiary/aromatic N) is 2. The van der Waals surface area contributed by atoms with Gasteiger partial charge in [0.1, 0.15) is 17.5 Å². The van der Waals surface area contributed by atoms with Gasteiger partial charge in [0, 0.05) is 12.5 Å². The number of rotatable bonds is 4. The maximum absolute atomic E-state index is 13.4. The van der Waals surface area contributed by atoms with E-state index >= 15 is 0 Å². The zero-order valence-corrected chi connectivity index (χ0v) is 17.9. The summed E-state index contributed by atoms with van der Waals surface area (Å²) in [5.74, 6) is 1.04. The average Bonchev–Trinajstić information content (AvgIpc) is 3.25. The zero-order valence-electron chi connectivity index (χ0n) is 17.9. The van der Waals surface area contributed by atoms with Crippen molar-refractivity contribution < 1.29 is 19.1 Å². The normalized spacial score (nSPS) is 23.6. The number of likely N-dealkylation sites (tertiary alicyclic amines) is 1. The van der Waals surface area contributed by atoms with Crippen LogP contribution in [0.1, 0.15) is 38.5 Å². The van der Waals surface area contributed by atoms with E-state index in [1.165, 1.54) is 6.42 Å². The fraction of sp³-hybridized carbons (Fsp3) is 0.400. The molecule has 32 heavy (non-hydrogen) atoms. The molecule has 0 radical (unpaired) electrons. The number of hydrogen-bond acceptors (Lipinski definition) is 4.